The normalized spacial score (nSPS) is 23.6. The van der Waals surface area contributed by atoms with Gasteiger partial charge in [-0.1, -0.05) is 12.1 Å². The van der Waals surface area contributed by atoms with Crippen molar-refractivity contribution in [3.05, 3.63) is 29.8 Å². The third-order valence-corrected chi connectivity index (χ3v) is 4.45. The average molecular weight is 370 g/mol. The predicted octanol–water partition coefficient (Wildman–Crippen LogP) is 0.0952. The van der Waals surface area contributed by atoms with Crippen molar-refractivity contribution in [3.8, 4) is 5.75 Å². The van der Waals surface area contributed by atoms with E-state index in [1.165, 1.54) is 7.11 Å². The maximum atomic E-state index is 12.1. The molecular weight excluding hydrogens is 343 g/mol. The summed E-state index contributed by atoms with van der Waals surface area (Å²) in [7, 11) is 1.42. The number of hydrogen-bond acceptors (Lipinski definition) is 6. The molecule has 1 aliphatic heterocycles. The molecule has 7 nitrogen and oxygen atoms in total. The van der Waals surface area contributed by atoms with Crippen LogP contribution >= 0.6 is 0 Å². The van der Waals surface area contributed by atoms with Crippen LogP contribution in [-0.2, 0) is 16.1 Å². The van der Waals surface area contributed by atoms with Gasteiger partial charge >= 0.3 is 0 Å². The second-order valence-electron chi connectivity index (χ2n) is 6.50. The molecule has 0 aromatic heterocycles. The minimum absolute atomic E-state index is 0.00912. The van der Waals surface area contributed by atoms with Crippen LogP contribution in [0.25, 0.3) is 0 Å². The number of carbonyl (C=O) groups is 1. The van der Waals surface area contributed by atoms with Crippen LogP contribution in [0.3, 0.4) is 0 Å². The molecule has 1 aromatic carbocycles. The van der Waals surface area contributed by atoms with Gasteiger partial charge in [0.05, 0.1) is 6.10 Å². The second-order valence-corrected chi connectivity index (χ2v) is 6.50. The molecule has 1 heterocycles. The summed E-state index contributed by atoms with van der Waals surface area (Å²) in [5, 5.41) is 23.5. The number of methoxy groups -OCH3 is 1. The summed E-state index contributed by atoms with van der Waals surface area (Å²) < 4.78 is 22.0. The van der Waals surface area contributed by atoms with Crippen molar-refractivity contribution in [2.24, 2.45) is 0 Å². The van der Waals surface area contributed by atoms with E-state index in [9.17, 15) is 19.4 Å². The summed E-state index contributed by atoms with van der Waals surface area (Å²) in [6.45, 7) is 0.935. The third-order valence-electron chi connectivity index (χ3n) is 4.45. The number of rotatable bonds is 9. The molecule has 0 aliphatic carbocycles. The third kappa shape index (κ3) is 5.91. The highest BCUT2D eigenvalue weighted by atomic mass is 19.1. The van der Waals surface area contributed by atoms with Gasteiger partial charge in [-0.2, -0.15) is 0 Å². The van der Waals surface area contributed by atoms with Crippen LogP contribution in [0.1, 0.15) is 12.0 Å². The van der Waals surface area contributed by atoms with E-state index in [-0.39, 0.29) is 25.7 Å². The maximum absolute atomic E-state index is 12.1. The number of nitrogens with one attached hydrogen (secondary N) is 1. The lowest BCUT2D eigenvalue weighted by molar-refractivity contribution is -0.134. The number of aliphatic hydroxyl groups is 2. The monoisotopic (exact) mass is 370 g/mol. The first-order valence-electron chi connectivity index (χ1n) is 8.63. The van der Waals surface area contributed by atoms with Gasteiger partial charge in [0.1, 0.15) is 31.2 Å². The van der Waals surface area contributed by atoms with E-state index < -0.39 is 18.4 Å². The van der Waals surface area contributed by atoms with Crippen LogP contribution in [0.2, 0.25) is 0 Å². The van der Waals surface area contributed by atoms with Gasteiger partial charge in [0.2, 0.25) is 5.91 Å². The van der Waals surface area contributed by atoms with Crippen molar-refractivity contribution in [1.29, 1.82) is 0 Å². The predicted molar refractivity (Wildman–Crippen MR) is 93.6 cm³/mol. The van der Waals surface area contributed by atoms with Crippen LogP contribution in [0, 0.1) is 0 Å². The van der Waals surface area contributed by atoms with Gasteiger partial charge in [0, 0.05) is 33.3 Å². The van der Waals surface area contributed by atoms with E-state index in [2.05, 4.69) is 5.32 Å². The van der Waals surface area contributed by atoms with Gasteiger partial charge in [-0.3, -0.25) is 9.69 Å². The summed E-state index contributed by atoms with van der Waals surface area (Å²) in [5.41, 5.74) is -0.312. The highest BCUT2D eigenvalue weighted by molar-refractivity contribution is 5.77. The van der Waals surface area contributed by atoms with Crippen molar-refractivity contribution in [1.82, 2.24) is 10.2 Å². The molecule has 146 valence electrons. The van der Waals surface area contributed by atoms with E-state index in [1.807, 2.05) is 17.0 Å². The topological polar surface area (TPSA) is 91.3 Å². The molecule has 1 saturated heterocycles. The Morgan fingerprint density at radius 3 is 2.77 bits per heavy atom. The number of ether oxygens (including phenoxy) is 2. The standard InChI is InChI=1S/C18H27FN2O5/c1-25-12-17(23)20-13-18(24)6-8-21(11-16(18)22)10-14-2-4-15(5-3-14)26-9-7-19/h2-5,16,22,24H,6-13H2,1H3,(H,20,23)/t16-,18-/m1/s1. The van der Waals surface area contributed by atoms with Crippen molar-refractivity contribution in [2.45, 2.75) is 24.7 Å². The van der Waals surface area contributed by atoms with E-state index in [0.29, 0.717) is 31.8 Å². The second kappa shape index (κ2) is 9.82. The molecule has 3 N–H and O–H groups in total. The minimum Gasteiger partial charge on any atom is -0.491 e. The number of nitrogens with zero attached hydrogens (tertiary/aromatic N) is 1. The lowest BCUT2D eigenvalue weighted by Gasteiger charge is -2.42. The Morgan fingerprint density at radius 2 is 2.15 bits per heavy atom. The molecular formula is C18H27FN2O5. The van der Waals surface area contributed by atoms with Crippen LogP contribution in [-0.4, -0.2) is 79.4 Å². The highest BCUT2D eigenvalue weighted by Crippen LogP contribution is 2.24. The zero-order valence-corrected chi connectivity index (χ0v) is 15.0. The van der Waals surface area contributed by atoms with Gasteiger partial charge in [-0.25, -0.2) is 4.39 Å². The number of halogens is 1. The number of likely N-dealkylation sites (tertiary alicyclic amines) is 1. The van der Waals surface area contributed by atoms with E-state index in [4.69, 9.17) is 9.47 Å². The van der Waals surface area contributed by atoms with Crippen LogP contribution in [0.4, 0.5) is 4.39 Å². The van der Waals surface area contributed by atoms with Crippen molar-refractivity contribution in [3.63, 3.8) is 0 Å². The number of aliphatic hydroxyl groups excluding tert-OH is 1. The number of amides is 1. The Hall–Kier alpha value is -1.74. The Morgan fingerprint density at radius 1 is 1.42 bits per heavy atom. The summed E-state index contributed by atoms with van der Waals surface area (Å²) >= 11 is 0. The van der Waals surface area contributed by atoms with Crippen LogP contribution < -0.4 is 10.1 Å². The van der Waals surface area contributed by atoms with E-state index in [1.54, 1.807) is 12.1 Å². The molecule has 2 rings (SSSR count). The molecule has 1 aliphatic rings. The minimum atomic E-state index is -1.34. The number of carbonyl (C=O) groups excluding carboxylic acids is 1. The van der Waals surface area contributed by atoms with Gasteiger partial charge < -0.3 is 25.0 Å². The molecule has 1 amide bonds. The van der Waals surface area contributed by atoms with Crippen LogP contribution in [0.5, 0.6) is 5.75 Å². The molecule has 0 saturated carbocycles. The van der Waals surface area contributed by atoms with Crippen molar-refractivity contribution < 1.29 is 28.9 Å². The summed E-state index contributed by atoms with van der Waals surface area (Å²) in [6.07, 6.45) is -0.620. The lowest BCUT2D eigenvalue weighted by atomic mass is 9.88. The quantitative estimate of drug-likeness (QED) is 0.571. The molecule has 8 heteroatoms. The maximum Gasteiger partial charge on any atom is 0.246 e. The van der Waals surface area contributed by atoms with Gasteiger partial charge in [0.15, 0.2) is 0 Å². The smallest absolute Gasteiger partial charge is 0.246 e. The number of β-amino-alcohol motifs (C(OH)–C–C–N with tert-alkyl or cyclic N) is 1. The Balaban J connectivity index is 1.83. The molecule has 0 bridgehead atoms. The number of alkyl halides is 1. The average Bonchev–Trinajstić information content (AvgIpc) is 2.63. The first kappa shape index (κ1) is 20.6. The molecule has 1 fully saturated rings. The zero-order valence-electron chi connectivity index (χ0n) is 15.0. The van der Waals surface area contributed by atoms with Crippen molar-refractivity contribution in [2.75, 3.05) is 46.6 Å². The SMILES string of the molecule is COCC(=O)NC[C@]1(O)CCN(Cc2ccc(OCCF)cc2)C[C@H]1O. The first-order valence-corrected chi connectivity index (χ1v) is 8.63. The van der Waals surface area contributed by atoms with Gasteiger partial charge in [0.25, 0.3) is 0 Å². The fourth-order valence-electron chi connectivity index (χ4n) is 2.91. The Bertz CT molecular complexity index is 571. The molecule has 0 radical (unpaired) electrons. The number of hydrogen-bond donors (Lipinski definition) is 3. The fraction of sp³-hybridized carbons (Fsp3) is 0.611. The van der Waals surface area contributed by atoms with Gasteiger partial charge in [-0.15, -0.1) is 0 Å². The summed E-state index contributed by atoms with van der Waals surface area (Å²) in [6, 6.07) is 7.36. The molecule has 2 atom stereocenters. The highest BCUT2D eigenvalue weighted by Gasteiger charge is 2.40. The Kier molecular flexibility index (Phi) is 7.77. The number of piperidine rings is 1. The number of benzene rings is 1. The molecule has 1 aromatic rings. The van der Waals surface area contributed by atoms with Crippen molar-refractivity contribution >= 4 is 5.91 Å². The lowest BCUT2D eigenvalue weighted by Crippen LogP contribution is -2.60. The summed E-state index contributed by atoms with van der Waals surface area (Å²) in [4.78, 5) is 13.5. The summed E-state index contributed by atoms with van der Waals surface area (Å²) in [5.74, 6) is 0.289. The Labute approximate surface area is 152 Å². The van der Waals surface area contributed by atoms with E-state index in [0.717, 1.165) is 5.56 Å². The van der Waals surface area contributed by atoms with E-state index >= 15 is 0 Å². The van der Waals surface area contributed by atoms with Crippen LogP contribution in [0.15, 0.2) is 24.3 Å². The largest absolute Gasteiger partial charge is 0.491 e. The molecule has 0 unspecified atom stereocenters. The first-order chi connectivity index (χ1) is 12.5. The fourth-order valence-corrected chi connectivity index (χ4v) is 2.91. The zero-order chi connectivity index (χ0) is 19.0. The van der Waals surface area contributed by atoms with Gasteiger partial charge in [-0.05, 0) is 24.1 Å². The molecule has 26 heavy (non-hydrogen) atoms. The molecule has 0 spiro atoms.